The van der Waals surface area contributed by atoms with Gasteiger partial charge in [-0.05, 0) is 12.1 Å². The quantitative estimate of drug-likeness (QED) is 0.619. The lowest BCUT2D eigenvalue weighted by atomic mass is 10.3. The lowest BCUT2D eigenvalue weighted by Gasteiger charge is -2.08. The molecule has 0 unspecified atom stereocenters. The summed E-state index contributed by atoms with van der Waals surface area (Å²) in [6, 6.07) is 2.99. The average Bonchev–Trinajstić information content (AvgIpc) is 2.90. The minimum Gasteiger partial charge on any atom is -0.324 e. The number of thioether (sulfide) groups is 1. The third-order valence-electron chi connectivity index (χ3n) is 2.46. The molecule has 2 rings (SSSR count). The van der Waals surface area contributed by atoms with E-state index in [1.54, 1.807) is 0 Å². The summed E-state index contributed by atoms with van der Waals surface area (Å²) in [5.41, 5.74) is 0.418. The van der Waals surface area contributed by atoms with E-state index in [4.69, 9.17) is 34.8 Å². The molecule has 0 fully saturated rings. The summed E-state index contributed by atoms with van der Waals surface area (Å²) >= 11 is 18.9. The maximum Gasteiger partial charge on any atom is 0.234 e. The van der Waals surface area contributed by atoms with Crippen molar-refractivity contribution in [1.29, 1.82) is 0 Å². The third-order valence-corrected chi connectivity index (χ3v) is 4.34. The van der Waals surface area contributed by atoms with Gasteiger partial charge in [0.05, 0.1) is 26.5 Å². The molecule has 5 nitrogen and oxygen atoms in total. The topological polar surface area (TPSA) is 70.7 Å². The summed E-state index contributed by atoms with van der Waals surface area (Å²) < 4.78 is 0. The van der Waals surface area contributed by atoms with Crippen molar-refractivity contribution in [3.8, 4) is 0 Å². The summed E-state index contributed by atoms with van der Waals surface area (Å²) in [4.78, 5) is 16.1. The van der Waals surface area contributed by atoms with E-state index in [-0.39, 0.29) is 11.7 Å². The van der Waals surface area contributed by atoms with Gasteiger partial charge in [-0.15, -0.1) is 5.10 Å². The zero-order valence-corrected chi connectivity index (χ0v) is 14.0. The highest BCUT2D eigenvalue weighted by atomic mass is 35.5. The summed E-state index contributed by atoms with van der Waals surface area (Å²) in [6.07, 6.45) is 0.763. The van der Waals surface area contributed by atoms with Gasteiger partial charge < -0.3 is 5.32 Å². The first-order valence-electron chi connectivity index (χ1n) is 5.98. The number of H-pyrrole nitrogens is 1. The van der Waals surface area contributed by atoms with Gasteiger partial charge in [0.1, 0.15) is 5.82 Å². The molecular weight excluding hydrogens is 355 g/mol. The molecule has 0 aliphatic rings. The van der Waals surface area contributed by atoms with E-state index < -0.39 is 0 Å². The first-order chi connectivity index (χ1) is 9.99. The monoisotopic (exact) mass is 364 g/mol. The lowest BCUT2D eigenvalue weighted by molar-refractivity contribution is -0.113. The molecule has 112 valence electrons. The molecule has 2 aromatic rings. The number of nitrogens with one attached hydrogen (secondary N) is 2. The molecule has 2 N–H and O–H groups in total. The second-order valence-electron chi connectivity index (χ2n) is 4.00. The van der Waals surface area contributed by atoms with Crippen molar-refractivity contribution in [2.24, 2.45) is 0 Å². The standard InChI is InChI=1S/C12H11Cl3N4OS/c1-2-10-17-12(19-18-10)21-5-11(20)16-9-4-7(14)6(13)3-8(9)15/h3-4H,2,5H2,1H3,(H,16,20)(H,17,18,19). The van der Waals surface area contributed by atoms with Crippen molar-refractivity contribution >= 4 is 58.2 Å². The van der Waals surface area contributed by atoms with Crippen LogP contribution in [0.2, 0.25) is 15.1 Å². The molecular formula is C12H11Cl3N4OS. The fourth-order valence-corrected chi connectivity index (χ4v) is 2.65. The fraction of sp³-hybridized carbons (Fsp3) is 0.250. The number of nitrogens with zero attached hydrogens (tertiary/aromatic N) is 2. The Kier molecular flexibility index (Phi) is 5.75. The zero-order chi connectivity index (χ0) is 15.4. The molecule has 0 aliphatic heterocycles. The SMILES string of the molecule is CCc1nc(SCC(=O)Nc2cc(Cl)c(Cl)cc2Cl)n[nH]1. The van der Waals surface area contributed by atoms with Gasteiger partial charge in [0.25, 0.3) is 0 Å². The number of aromatic nitrogens is 3. The van der Waals surface area contributed by atoms with Crippen LogP contribution in [0.5, 0.6) is 0 Å². The molecule has 0 saturated heterocycles. The van der Waals surface area contributed by atoms with Gasteiger partial charge in [-0.1, -0.05) is 53.5 Å². The second kappa shape index (κ2) is 7.35. The van der Waals surface area contributed by atoms with Crippen LogP contribution in [0.4, 0.5) is 5.69 Å². The van der Waals surface area contributed by atoms with E-state index in [9.17, 15) is 4.79 Å². The normalized spacial score (nSPS) is 10.7. The number of anilines is 1. The molecule has 1 amide bonds. The minimum atomic E-state index is -0.233. The summed E-state index contributed by atoms with van der Waals surface area (Å²) in [5, 5.41) is 11.0. The minimum absolute atomic E-state index is 0.164. The van der Waals surface area contributed by atoms with Crippen molar-refractivity contribution in [3.63, 3.8) is 0 Å². The Labute approximate surface area is 140 Å². The van der Waals surface area contributed by atoms with Crippen molar-refractivity contribution in [2.75, 3.05) is 11.1 Å². The van der Waals surface area contributed by atoms with Crippen LogP contribution in [-0.4, -0.2) is 26.8 Å². The Balaban J connectivity index is 1.94. The Morgan fingerprint density at radius 2 is 2.00 bits per heavy atom. The number of hydrogen-bond acceptors (Lipinski definition) is 4. The highest BCUT2D eigenvalue weighted by molar-refractivity contribution is 7.99. The van der Waals surface area contributed by atoms with Crippen molar-refractivity contribution in [1.82, 2.24) is 15.2 Å². The van der Waals surface area contributed by atoms with Crippen LogP contribution in [0.15, 0.2) is 17.3 Å². The number of halogens is 3. The Hall–Kier alpha value is -0.950. The number of carbonyl (C=O) groups excluding carboxylic acids is 1. The van der Waals surface area contributed by atoms with E-state index in [2.05, 4.69) is 20.5 Å². The van der Waals surface area contributed by atoms with Crippen LogP contribution in [0.3, 0.4) is 0 Å². The van der Waals surface area contributed by atoms with Gasteiger partial charge in [-0.3, -0.25) is 9.89 Å². The lowest BCUT2D eigenvalue weighted by Crippen LogP contribution is -2.14. The predicted molar refractivity (Wildman–Crippen MR) is 86.6 cm³/mol. The van der Waals surface area contributed by atoms with Crippen LogP contribution in [0.25, 0.3) is 0 Å². The van der Waals surface area contributed by atoms with Gasteiger partial charge in [-0.25, -0.2) is 4.98 Å². The number of carbonyl (C=O) groups is 1. The molecule has 0 saturated carbocycles. The van der Waals surface area contributed by atoms with E-state index in [0.717, 1.165) is 12.2 Å². The largest absolute Gasteiger partial charge is 0.324 e. The van der Waals surface area contributed by atoms with E-state index in [1.807, 2.05) is 6.92 Å². The Bertz CT molecular complexity index is 662. The summed E-state index contributed by atoms with van der Waals surface area (Å²) in [5.74, 6) is 0.714. The second-order valence-corrected chi connectivity index (χ2v) is 6.17. The molecule has 1 aromatic carbocycles. The van der Waals surface area contributed by atoms with Crippen LogP contribution in [0.1, 0.15) is 12.7 Å². The number of rotatable bonds is 5. The van der Waals surface area contributed by atoms with Gasteiger partial charge in [0.15, 0.2) is 0 Å². The molecule has 1 aromatic heterocycles. The van der Waals surface area contributed by atoms with E-state index >= 15 is 0 Å². The number of aryl methyl sites for hydroxylation is 1. The maximum absolute atomic E-state index is 11.9. The van der Waals surface area contributed by atoms with Gasteiger partial charge in [-0.2, -0.15) is 0 Å². The molecule has 0 atom stereocenters. The Morgan fingerprint density at radius 1 is 1.29 bits per heavy atom. The molecule has 1 heterocycles. The Morgan fingerprint density at radius 3 is 2.67 bits per heavy atom. The molecule has 0 aliphatic carbocycles. The summed E-state index contributed by atoms with van der Waals surface area (Å²) in [6.45, 7) is 1.97. The molecule has 0 bridgehead atoms. The first-order valence-corrected chi connectivity index (χ1v) is 8.10. The maximum atomic E-state index is 11.9. The number of aromatic amines is 1. The van der Waals surface area contributed by atoms with Crippen molar-refractivity contribution in [3.05, 3.63) is 33.0 Å². The fourth-order valence-electron chi connectivity index (χ4n) is 1.44. The molecule has 0 radical (unpaired) electrons. The van der Waals surface area contributed by atoms with Crippen LogP contribution < -0.4 is 5.32 Å². The van der Waals surface area contributed by atoms with Crippen molar-refractivity contribution in [2.45, 2.75) is 18.5 Å². The van der Waals surface area contributed by atoms with Gasteiger partial charge >= 0.3 is 0 Å². The van der Waals surface area contributed by atoms with Gasteiger partial charge in [0.2, 0.25) is 11.1 Å². The highest BCUT2D eigenvalue weighted by Crippen LogP contribution is 2.32. The molecule has 21 heavy (non-hydrogen) atoms. The van der Waals surface area contributed by atoms with Gasteiger partial charge in [0, 0.05) is 6.42 Å². The summed E-state index contributed by atoms with van der Waals surface area (Å²) in [7, 11) is 0. The predicted octanol–water partition coefficient (Wildman–Crippen LogP) is 4.06. The molecule has 9 heteroatoms. The first kappa shape index (κ1) is 16.4. The van der Waals surface area contributed by atoms with E-state index in [0.29, 0.717) is 25.9 Å². The number of amides is 1. The molecule has 0 spiro atoms. The van der Waals surface area contributed by atoms with Crippen LogP contribution in [-0.2, 0) is 11.2 Å². The third kappa shape index (κ3) is 4.51. The number of hydrogen-bond donors (Lipinski definition) is 2. The van der Waals surface area contributed by atoms with Crippen LogP contribution in [0, 0.1) is 0 Å². The van der Waals surface area contributed by atoms with E-state index in [1.165, 1.54) is 23.9 Å². The highest BCUT2D eigenvalue weighted by Gasteiger charge is 2.11. The average molecular weight is 366 g/mol. The van der Waals surface area contributed by atoms with Crippen LogP contribution >= 0.6 is 46.6 Å². The zero-order valence-electron chi connectivity index (χ0n) is 10.9. The number of benzene rings is 1. The smallest absolute Gasteiger partial charge is 0.234 e. The van der Waals surface area contributed by atoms with Crippen molar-refractivity contribution < 1.29 is 4.79 Å².